The normalized spacial score (nSPS) is 15.3. The standard InChI is InChI=1S/C31H36F6O5.C26H30F6O3/c1-6-28(7-2,24-10-12-26(21(4)17-24)40-18-25-11-13-27(38)42-25)23-9-8-22(20(3)16-23)14-15-29(30(32,33)34,31(35,36)37)41-19-39-5;1-6-23(7-2,21-10-11-22(33)18(4)15-21)20-9-8-19(17(3)14-20)12-13-24(25(27,28)29,26(30,31)32)35-16-34-5/h8-10,12,14-17,25H,6-7,11,13,18-19H2,1-5H3;8-15,33H,6-7,16H2,1-5H3/b15-14+;13-12+/t25-;/m0./s1. The van der Waals surface area contributed by atoms with Crippen molar-refractivity contribution in [2.75, 3.05) is 34.4 Å². The van der Waals surface area contributed by atoms with Crippen molar-refractivity contribution in [1.29, 1.82) is 0 Å². The van der Waals surface area contributed by atoms with Crippen LogP contribution in [0.3, 0.4) is 0 Å². The molecular formula is C57H66F12O8. The Labute approximate surface area is 441 Å². The number of methoxy groups -OCH3 is 2. The maximum absolute atomic E-state index is 13.7. The predicted molar refractivity (Wildman–Crippen MR) is 267 cm³/mol. The maximum atomic E-state index is 13.7. The van der Waals surface area contributed by atoms with Crippen LogP contribution in [0.5, 0.6) is 11.5 Å². The van der Waals surface area contributed by atoms with Crippen molar-refractivity contribution >= 4 is 18.1 Å². The molecule has 0 aromatic heterocycles. The number of hydrogen-bond acceptors (Lipinski definition) is 8. The minimum absolute atomic E-state index is 0.00444. The van der Waals surface area contributed by atoms with E-state index in [1.807, 2.05) is 65.0 Å². The van der Waals surface area contributed by atoms with Crippen molar-refractivity contribution in [3.05, 3.63) is 141 Å². The third kappa shape index (κ3) is 13.8. The molecule has 1 heterocycles. The number of carbonyl (C=O) groups excluding carboxylic acids is 1. The number of esters is 1. The van der Waals surface area contributed by atoms with Gasteiger partial charge in [-0.25, -0.2) is 0 Å². The third-order valence-electron chi connectivity index (χ3n) is 14.4. The highest BCUT2D eigenvalue weighted by molar-refractivity contribution is 5.71. The van der Waals surface area contributed by atoms with Gasteiger partial charge in [0.15, 0.2) is 0 Å². The Morgan fingerprint density at radius 1 is 0.545 bits per heavy atom. The molecule has 0 amide bonds. The molecule has 77 heavy (non-hydrogen) atoms. The first kappa shape index (κ1) is 64.0. The molecule has 1 saturated heterocycles. The molecule has 426 valence electrons. The maximum Gasteiger partial charge on any atom is 0.430 e. The molecule has 0 spiro atoms. The molecule has 4 aromatic rings. The van der Waals surface area contributed by atoms with Gasteiger partial charge in [0, 0.05) is 31.5 Å². The second kappa shape index (κ2) is 25.5. The van der Waals surface area contributed by atoms with Gasteiger partial charge in [-0.2, -0.15) is 52.7 Å². The van der Waals surface area contributed by atoms with E-state index in [1.54, 1.807) is 51.1 Å². The van der Waals surface area contributed by atoms with Crippen molar-refractivity contribution in [1.82, 2.24) is 0 Å². The largest absolute Gasteiger partial charge is 0.508 e. The second-order valence-corrected chi connectivity index (χ2v) is 18.9. The van der Waals surface area contributed by atoms with Crippen LogP contribution in [0.25, 0.3) is 12.2 Å². The Balaban J connectivity index is 0.000000338. The summed E-state index contributed by atoms with van der Waals surface area (Å²) in [6.45, 7) is 12.9. The molecule has 20 heteroatoms. The second-order valence-electron chi connectivity index (χ2n) is 18.9. The molecule has 0 radical (unpaired) electrons. The lowest BCUT2D eigenvalue weighted by molar-refractivity contribution is -0.372. The van der Waals surface area contributed by atoms with Crippen molar-refractivity contribution in [3.63, 3.8) is 0 Å². The van der Waals surface area contributed by atoms with E-state index >= 15 is 0 Å². The minimum Gasteiger partial charge on any atom is -0.508 e. The summed E-state index contributed by atoms with van der Waals surface area (Å²) in [7, 11) is 1.88. The van der Waals surface area contributed by atoms with E-state index in [4.69, 9.17) is 9.47 Å². The number of aryl methyl sites for hydroxylation is 4. The molecule has 0 unspecified atom stereocenters. The number of ether oxygens (including phenoxy) is 6. The van der Waals surface area contributed by atoms with Crippen LogP contribution in [0.2, 0.25) is 0 Å². The summed E-state index contributed by atoms with van der Waals surface area (Å²) < 4.78 is 192. The SMILES string of the molecule is CCC(CC)(c1ccc(/C=C/C(OCOC)(C(F)(F)F)C(F)(F)F)c(C)c1)c1ccc(OC[C@@H]2CCC(=O)O2)c(C)c1.CCC(CC)(c1ccc(O)c(C)c1)c1ccc(/C=C/C(OCOC)(C(F)(F)F)C(F)(F)F)c(C)c1. The molecule has 1 aliphatic heterocycles. The Kier molecular flexibility index (Phi) is 21.2. The van der Waals surface area contributed by atoms with E-state index < -0.39 is 60.3 Å². The number of halogens is 12. The molecular weight excluding hydrogens is 1040 g/mol. The summed E-state index contributed by atoms with van der Waals surface area (Å²) in [5.74, 6) is 0.593. The predicted octanol–water partition coefficient (Wildman–Crippen LogP) is 15.6. The lowest BCUT2D eigenvalue weighted by Crippen LogP contribution is -2.57. The number of phenols is 1. The zero-order valence-electron chi connectivity index (χ0n) is 44.5. The monoisotopic (exact) mass is 1110 g/mol. The number of hydrogen-bond donors (Lipinski definition) is 1. The number of benzene rings is 4. The number of carbonyl (C=O) groups is 1. The first-order valence-corrected chi connectivity index (χ1v) is 24.7. The fraction of sp³-hybridized carbons (Fsp3) is 0.491. The Hall–Kier alpha value is -5.57. The molecule has 8 nitrogen and oxygen atoms in total. The van der Waals surface area contributed by atoms with Crippen molar-refractivity contribution in [2.24, 2.45) is 0 Å². The summed E-state index contributed by atoms with van der Waals surface area (Å²) in [6, 6.07) is 21.2. The van der Waals surface area contributed by atoms with E-state index in [0.29, 0.717) is 61.0 Å². The van der Waals surface area contributed by atoms with Crippen LogP contribution in [0.4, 0.5) is 52.7 Å². The van der Waals surface area contributed by atoms with Gasteiger partial charge in [-0.3, -0.25) is 4.79 Å². The molecule has 1 N–H and O–H groups in total. The van der Waals surface area contributed by atoms with E-state index in [9.17, 15) is 62.6 Å². The number of rotatable bonds is 21. The average molecular weight is 1110 g/mol. The van der Waals surface area contributed by atoms with E-state index in [1.165, 1.54) is 12.1 Å². The highest BCUT2D eigenvalue weighted by atomic mass is 19.4. The van der Waals surface area contributed by atoms with Crippen molar-refractivity contribution in [3.8, 4) is 11.5 Å². The zero-order valence-corrected chi connectivity index (χ0v) is 44.5. The first-order chi connectivity index (χ1) is 35.8. The average Bonchev–Trinajstić information content (AvgIpc) is 3.77. The van der Waals surface area contributed by atoms with Crippen LogP contribution in [0.1, 0.15) is 122 Å². The molecule has 0 aliphatic carbocycles. The van der Waals surface area contributed by atoms with Gasteiger partial charge >= 0.3 is 30.7 Å². The van der Waals surface area contributed by atoms with Gasteiger partial charge in [0.2, 0.25) is 0 Å². The fourth-order valence-electron chi connectivity index (χ4n) is 9.57. The van der Waals surface area contributed by atoms with Gasteiger partial charge in [0.1, 0.15) is 37.8 Å². The summed E-state index contributed by atoms with van der Waals surface area (Å²) in [6.07, 6.45) is -18.0. The Bertz CT molecular complexity index is 2630. The van der Waals surface area contributed by atoms with Gasteiger partial charge < -0.3 is 33.5 Å². The van der Waals surface area contributed by atoms with Crippen LogP contribution < -0.4 is 4.74 Å². The topological polar surface area (TPSA) is 92.7 Å². The smallest absolute Gasteiger partial charge is 0.430 e. The molecule has 1 aliphatic rings. The van der Waals surface area contributed by atoms with Crippen LogP contribution in [0.15, 0.2) is 84.9 Å². The quantitative estimate of drug-likeness (QED) is 0.0501. The highest BCUT2D eigenvalue weighted by Gasteiger charge is 2.72. The third-order valence-corrected chi connectivity index (χ3v) is 14.4. The van der Waals surface area contributed by atoms with Crippen molar-refractivity contribution in [2.45, 2.75) is 147 Å². The summed E-state index contributed by atoms with van der Waals surface area (Å²) in [4.78, 5) is 11.3. The lowest BCUT2D eigenvalue weighted by atomic mass is 9.70. The van der Waals surface area contributed by atoms with Crippen LogP contribution >= 0.6 is 0 Å². The van der Waals surface area contributed by atoms with Crippen LogP contribution in [-0.2, 0) is 39.3 Å². The summed E-state index contributed by atoms with van der Waals surface area (Å²) >= 11 is 0. The fourth-order valence-corrected chi connectivity index (χ4v) is 9.57. The summed E-state index contributed by atoms with van der Waals surface area (Å²) in [5.41, 5.74) is -3.29. The number of aromatic hydroxyl groups is 1. The van der Waals surface area contributed by atoms with E-state index in [2.05, 4.69) is 18.9 Å². The van der Waals surface area contributed by atoms with E-state index in [0.717, 1.165) is 54.2 Å². The van der Waals surface area contributed by atoms with Gasteiger partial charge in [-0.1, -0.05) is 101 Å². The molecule has 1 atom stereocenters. The zero-order chi connectivity index (χ0) is 58.0. The van der Waals surface area contributed by atoms with Gasteiger partial charge in [-0.15, -0.1) is 0 Å². The molecule has 5 rings (SSSR count). The van der Waals surface area contributed by atoms with E-state index in [-0.39, 0.29) is 47.7 Å². The Morgan fingerprint density at radius 3 is 1.22 bits per heavy atom. The van der Waals surface area contributed by atoms with Gasteiger partial charge in [0.25, 0.3) is 11.2 Å². The highest BCUT2D eigenvalue weighted by Crippen LogP contribution is 2.50. The molecule has 4 aromatic carbocycles. The summed E-state index contributed by atoms with van der Waals surface area (Å²) in [5, 5.41) is 9.91. The molecule has 0 saturated carbocycles. The van der Waals surface area contributed by atoms with Gasteiger partial charge in [-0.05, 0) is 140 Å². The van der Waals surface area contributed by atoms with Gasteiger partial charge in [0.05, 0.1) is 0 Å². The molecule has 1 fully saturated rings. The first-order valence-electron chi connectivity index (χ1n) is 24.7. The Morgan fingerprint density at radius 2 is 0.909 bits per heavy atom. The lowest BCUT2D eigenvalue weighted by Gasteiger charge is -2.35. The van der Waals surface area contributed by atoms with Crippen molar-refractivity contribution < 1.29 is 91.0 Å². The van der Waals surface area contributed by atoms with Crippen LogP contribution in [0, 0.1) is 27.7 Å². The number of alkyl halides is 12. The van der Waals surface area contributed by atoms with Crippen LogP contribution in [-0.4, -0.2) is 87.5 Å². The molecule has 0 bridgehead atoms. The minimum atomic E-state index is -5.77. The number of cyclic esters (lactones) is 1. The number of phenolic OH excluding ortho intramolecular Hbond substituents is 1.